The number of carbonyl (C=O) groups excluding carboxylic acids is 1. The Morgan fingerprint density at radius 2 is 1.95 bits per heavy atom. The van der Waals surface area contributed by atoms with Crippen molar-refractivity contribution in [2.75, 3.05) is 56.9 Å². The number of aromatic nitrogens is 3. The number of halogens is 1. The molecule has 0 fully saturated rings. The highest BCUT2D eigenvalue weighted by atomic mass is 19.1. The number of nitrogens with one attached hydrogen (secondary N) is 2. The third kappa shape index (κ3) is 6.01. The van der Waals surface area contributed by atoms with Crippen LogP contribution in [0, 0.1) is 12.7 Å². The molecule has 0 radical (unpaired) electrons. The lowest BCUT2D eigenvalue weighted by Crippen LogP contribution is -2.29. The minimum absolute atomic E-state index is 0.297. The van der Waals surface area contributed by atoms with Crippen LogP contribution < -0.4 is 20.3 Å². The van der Waals surface area contributed by atoms with Crippen LogP contribution in [0.5, 0.6) is 5.75 Å². The fraction of sp³-hybridized carbons (Fsp3) is 0.276. The first kappa shape index (κ1) is 27.6. The largest absolute Gasteiger partial charge is 0.494 e. The van der Waals surface area contributed by atoms with Crippen molar-refractivity contribution in [2.45, 2.75) is 6.92 Å². The second-order valence-electron chi connectivity index (χ2n) is 9.66. The molecule has 0 aliphatic carbocycles. The minimum Gasteiger partial charge on any atom is -0.494 e. The molecule has 4 rings (SSSR count). The highest BCUT2D eigenvalue weighted by molar-refractivity contribution is 6.02. The predicted octanol–water partition coefficient (Wildman–Crippen LogP) is 4.96. The van der Waals surface area contributed by atoms with Gasteiger partial charge in [-0.05, 0) is 56.9 Å². The maximum absolute atomic E-state index is 15.0. The van der Waals surface area contributed by atoms with Crippen molar-refractivity contribution in [1.29, 1.82) is 0 Å². The molecule has 10 heteroatoms. The summed E-state index contributed by atoms with van der Waals surface area (Å²) in [7, 11) is 9.36. The summed E-state index contributed by atoms with van der Waals surface area (Å²) < 4.78 is 22.4. The van der Waals surface area contributed by atoms with Crippen molar-refractivity contribution in [1.82, 2.24) is 19.4 Å². The Balaban J connectivity index is 1.71. The molecule has 0 bridgehead atoms. The number of carbonyl (C=O) groups is 1. The number of hydrogen-bond donors (Lipinski definition) is 2. The third-order valence-electron chi connectivity index (χ3n) is 6.48. The molecule has 2 aromatic heterocycles. The van der Waals surface area contributed by atoms with Crippen molar-refractivity contribution in [3.8, 4) is 17.0 Å². The fourth-order valence-electron chi connectivity index (χ4n) is 4.44. The van der Waals surface area contributed by atoms with E-state index in [2.05, 4.69) is 32.1 Å². The molecule has 0 aliphatic rings. The van der Waals surface area contributed by atoms with E-state index in [0.717, 1.165) is 29.7 Å². The molecule has 204 valence electrons. The van der Waals surface area contributed by atoms with E-state index in [1.54, 1.807) is 30.0 Å². The smallest absolute Gasteiger partial charge is 0.247 e. The molecule has 1 amide bonds. The normalized spacial score (nSPS) is 11.1. The fourth-order valence-corrected chi connectivity index (χ4v) is 4.44. The molecule has 39 heavy (non-hydrogen) atoms. The van der Waals surface area contributed by atoms with Gasteiger partial charge in [-0.1, -0.05) is 6.58 Å². The number of fused-ring (bicyclic) bond motifs is 1. The average Bonchev–Trinajstić information content (AvgIpc) is 3.20. The van der Waals surface area contributed by atoms with Gasteiger partial charge in [0.05, 0.1) is 35.4 Å². The van der Waals surface area contributed by atoms with Gasteiger partial charge in [0, 0.05) is 56.6 Å². The Kier molecular flexibility index (Phi) is 8.15. The molecule has 0 atom stereocenters. The standard InChI is InChI=1S/C29H34FN7O2/c1-8-27(38)32-23-15-24(26(39-7)16-25(23)36(5)12-11-35(3)4)34-29-31-10-9-22(33-29)19-13-20-18(2)17-37(6)28(20)21(30)14-19/h8-10,13-17H,1,11-12H2,2-7H3,(H,32,38)(H,31,33,34). The summed E-state index contributed by atoms with van der Waals surface area (Å²) in [4.78, 5) is 25.4. The molecule has 9 nitrogen and oxygen atoms in total. The van der Waals surface area contributed by atoms with Crippen LogP contribution in [0.25, 0.3) is 22.2 Å². The van der Waals surface area contributed by atoms with Crippen LogP contribution >= 0.6 is 0 Å². The maximum Gasteiger partial charge on any atom is 0.247 e. The third-order valence-corrected chi connectivity index (χ3v) is 6.48. The lowest BCUT2D eigenvalue weighted by molar-refractivity contribution is -0.111. The predicted molar refractivity (Wildman–Crippen MR) is 156 cm³/mol. The van der Waals surface area contributed by atoms with Crippen molar-refractivity contribution in [2.24, 2.45) is 7.05 Å². The van der Waals surface area contributed by atoms with Gasteiger partial charge in [-0.2, -0.15) is 0 Å². The first-order valence-corrected chi connectivity index (χ1v) is 12.5. The van der Waals surface area contributed by atoms with Crippen molar-refractivity contribution in [3.63, 3.8) is 0 Å². The van der Waals surface area contributed by atoms with E-state index in [1.165, 1.54) is 12.1 Å². The van der Waals surface area contributed by atoms with Crippen LogP contribution in [-0.4, -0.2) is 66.7 Å². The van der Waals surface area contributed by atoms with Gasteiger partial charge in [0.1, 0.15) is 11.6 Å². The quantitative estimate of drug-likeness (QED) is 0.280. The second-order valence-corrected chi connectivity index (χ2v) is 9.66. The number of anilines is 4. The summed E-state index contributed by atoms with van der Waals surface area (Å²) in [6.07, 6.45) is 4.74. The molecule has 0 saturated heterocycles. The molecule has 0 spiro atoms. The van der Waals surface area contributed by atoms with Crippen LogP contribution in [-0.2, 0) is 11.8 Å². The van der Waals surface area contributed by atoms with E-state index in [-0.39, 0.29) is 11.7 Å². The number of ether oxygens (including phenoxy) is 1. The molecular formula is C29H34FN7O2. The maximum atomic E-state index is 15.0. The van der Waals surface area contributed by atoms with Crippen LogP contribution in [0.2, 0.25) is 0 Å². The van der Waals surface area contributed by atoms with E-state index in [1.807, 2.05) is 58.3 Å². The van der Waals surface area contributed by atoms with Gasteiger partial charge in [0.2, 0.25) is 11.9 Å². The van der Waals surface area contributed by atoms with E-state index in [9.17, 15) is 9.18 Å². The number of benzene rings is 2. The Hall–Kier alpha value is -4.44. The second kappa shape index (κ2) is 11.5. The van der Waals surface area contributed by atoms with E-state index < -0.39 is 0 Å². The summed E-state index contributed by atoms with van der Waals surface area (Å²) in [6.45, 7) is 7.07. The summed E-state index contributed by atoms with van der Waals surface area (Å²) in [5.74, 6) is 0.190. The molecule has 4 aromatic rings. The zero-order valence-electron chi connectivity index (χ0n) is 23.2. The van der Waals surface area contributed by atoms with Crippen LogP contribution in [0.15, 0.2) is 55.4 Å². The van der Waals surface area contributed by atoms with Gasteiger partial charge >= 0.3 is 0 Å². The lowest BCUT2D eigenvalue weighted by Gasteiger charge is -2.26. The van der Waals surface area contributed by atoms with Gasteiger partial charge in [-0.25, -0.2) is 14.4 Å². The molecule has 0 saturated carbocycles. The van der Waals surface area contributed by atoms with Crippen molar-refractivity contribution < 1.29 is 13.9 Å². The molecule has 0 aliphatic heterocycles. The van der Waals surface area contributed by atoms with Crippen molar-refractivity contribution in [3.05, 3.63) is 66.8 Å². The van der Waals surface area contributed by atoms with Gasteiger partial charge in [-0.15, -0.1) is 0 Å². The topological polar surface area (TPSA) is 87.5 Å². The number of nitrogens with zero attached hydrogens (tertiary/aromatic N) is 5. The van der Waals surface area contributed by atoms with Gasteiger partial charge in [0.25, 0.3) is 0 Å². The van der Waals surface area contributed by atoms with Crippen LogP contribution in [0.1, 0.15) is 5.56 Å². The zero-order valence-corrected chi connectivity index (χ0v) is 23.2. The highest BCUT2D eigenvalue weighted by Crippen LogP contribution is 2.38. The number of rotatable bonds is 10. The number of aryl methyl sites for hydroxylation is 2. The summed E-state index contributed by atoms with van der Waals surface area (Å²) in [5, 5.41) is 6.91. The van der Waals surface area contributed by atoms with Crippen LogP contribution in [0.3, 0.4) is 0 Å². The number of hydrogen-bond acceptors (Lipinski definition) is 7. The van der Waals surface area contributed by atoms with Gasteiger partial charge < -0.3 is 29.7 Å². The number of likely N-dealkylation sites (N-methyl/N-ethyl adjacent to an activating group) is 2. The molecule has 2 aromatic carbocycles. The van der Waals surface area contributed by atoms with Crippen LogP contribution in [0.4, 0.5) is 27.4 Å². The van der Waals surface area contributed by atoms with E-state index >= 15 is 0 Å². The van der Waals surface area contributed by atoms with E-state index in [0.29, 0.717) is 39.8 Å². The Morgan fingerprint density at radius 3 is 2.64 bits per heavy atom. The van der Waals surface area contributed by atoms with Crippen molar-refractivity contribution >= 4 is 39.8 Å². The highest BCUT2D eigenvalue weighted by Gasteiger charge is 2.17. The molecular weight excluding hydrogens is 497 g/mol. The summed E-state index contributed by atoms with van der Waals surface area (Å²) >= 11 is 0. The SMILES string of the molecule is C=CC(=O)Nc1cc(Nc2nccc(-c3cc(F)c4c(c3)c(C)cn4C)n2)c(OC)cc1N(C)CCN(C)C. The lowest BCUT2D eigenvalue weighted by atomic mass is 10.1. The first-order valence-electron chi connectivity index (χ1n) is 12.5. The van der Waals surface area contributed by atoms with Gasteiger partial charge in [0.15, 0.2) is 0 Å². The Bertz CT molecular complexity index is 1530. The average molecular weight is 532 g/mol. The number of methoxy groups -OCH3 is 1. The molecule has 2 N–H and O–H groups in total. The number of amides is 1. The summed E-state index contributed by atoms with van der Waals surface area (Å²) in [6, 6.07) is 8.77. The Labute approximate surface area is 227 Å². The molecule has 0 unspecified atom stereocenters. The van der Waals surface area contributed by atoms with E-state index in [4.69, 9.17) is 4.74 Å². The first-order chi connectivity index (χ1) is 18.6. The summed E-state index contributed by atoms with van der Waals surface area (Å²) in [5.41, 5.74) is 4.66. The monoisotopic (exact) mass is 531 g/mol. The minimum atomic E-state index is -0.333. The molecule has 2 heterocycles. The Morgan fingerprint density at radius 1 is 1.18 bits per heavy atom. The van der Waals surface area contributed by atoms with Gasteiger partial charge in [-0.3, -0.25) is 4.79 Å². The zero-order chi connectivity index (χ0) is 28.3.